The lowest BCUT2D eigenvalue weighted by Crippen LogP contribution is -2.47. The third-order valence-corrected chi connectivity index (χ3v) is 5.11. The number of hydrazine groups is 1. The topological polar surface area (TPSA) is 70.4 Å². The maximum Gasteiger partial charge on any atom is 0.242 e. The molecule has 3 atom stereocenters. The molecule has 0 saturated carbocycles. The van der Waals surface area contributed by atoms with Crippen molar-refractivity contribution >= 4 is 17.2 Å². The van der Waals surface area contributed by atoms with Gasteiger partial charge >= 0.3 is 0 Å². The number of amides is 1. The highest BCUT2D eigenvalue weighted by Gasteiger charge is 2.40. The van der Waals surface area contributed by atoms with Crippen LogP contribution >= 0.6 is 0 Å². The Bertz CT molecular complexity index is 639. The van der Waals surface area contributed by atoms with Crippen molar-refractivity contribution in [3.8, 4) is 0 Å². The summed E-state index contributed by atoms with van der Waals surface area (Å²) in [6.07, 6.45) is 3.24. The van der Waals surface area contributed by atoms with Gasteiger partial charge in [-0.1, -0.05) is 18.2 Å². The zero-order chi connectivity index (χ0) is 14.6. The van der Waals surface area contributed by atoms with Crippen LogP contribution in [0.2, 0.25) is 0 Å². The molecule has 1 unspecified atom stereocenters. The van der Waals surface area contributed by atoms with Crippen molar-refractivity contribution in [1.82, 2.24) is 10.3 Å². The minimum Gasteiger partial charge on any atom is -0.384 e. The van der Waals surface area contributed by atoms with E-state index in [1.807, 2.05) is 0 Å². The van der Waals surface area contributed by atoms with Gasteiger partial charge in [0, 0.05) is 30.7 Å². The van der Waals surface area contributed by atoms with Crippen molar-refractivity contribution < 1.29 is 4.79 Å². The van der Waals surface area contributed by atoms with Crippen molar-refractivity contribution in [2.24, 2.45) is 11.8 Å². The summed E-state index contributed by atoms with van der Waals surface area (Å²) < 4.78 is 0. The Hall–Kier alpha value is -1.85. The van der Waals surface area contributed by atoms with Crippen molar-refractivity contribution in [2.45, 2.75) is 18.4 Å². The molecule has 1 aromatic rings. The molecular weight excluding hydrogens is 264 g/mol. The number of hydrogen-bond donors (Lipinski definition) is 3. The fraction of sp³-hybridized carbons (Fsp3) is 0.438. The second-order valence-electron chi connectivity index (χ2n) is 6.27. The summed E-state index contributed by atoms with van der Waals surface area (Å²) in [7, 11) is 2.10. The molecule has 21 heavy (non-hydrogen) atoms. The minimum atomic E-state index is -0.173. The lowest BCUT2D eigenvalue weighted by atomic mass is 9.74. The zero-order valence-corrected chi connectivity index (χ0v) is 12.1. The van der Waals surface area contributed by atoms with E-state index in [0.29, 0.717) is 12.0 Å². The predicted molar refractivity (Wildman–Crippen MR) is 82.5 cm³/mol. The number of hydrogen-bond acceptors (Lipinski definition) is 4. The summed E-state index contributed by atoms with van der Waals surface area (Å²) in [6, 6.07) is 6.84. The largest absolute Gasteiger partial charge is 0.384 e. The molecule has 0 fully saturated rings. The number of likely N-dealkylation sites (N-methyl/N-ethyl adjacent to an activating group) is 1. The lowest BCUT2D eigenvalue weighted by molar-refractivity contribution is -0.124. The van der Waals surface area contributed by atoms with Crippen LogP contribution in [0.1, 0.15) is 23.5 Å². The fourth-order valence-electron chi connectivity index (χ4n) is 4.11. The average Bonchev–Trinajstić information content (AvgIpc) is 2.92. The standard InChI is InChI=1S/C16H20N4O/c1-20-8-10(16(21)19-17)5-12-11-3-2-4-13-15(11)9(7-18-13)6-14(12)20/h2-5,9-10,14,18H,6-8,17H2,1H3,(H,19,21)/t9?,10-,14-/m1/s1. The van der Waals surface area contributed by atoms with Crippen molar-refractivity contribution in [3.05, 3.63) is 35.4 Å². The number of nitrogens with zero attached hydrogens (tertiary/aromatic N) is 1. The molecular formula is C16H20N4O. The maximum absolute atomic E-state index is 11.9. The van der Waals surface area contributed by atoms with E-state index < -0.39 is 0 Å². The van der Waals surface area contributed by atoms with Gasteiger partial charge in [-0.25, -0.2) is 5.84 Å². The molecule has 5 heteroatoms. The Morgan fingerprint density at radius 3 is 3.14 bits per heavy atom. The number of nitrogens with one attached hydrogen (secondary N) is 2. The lowest BCUT2D eigenvalue weighted by Gasteiger charge is -2.41. The van der Waals surface area contributed by atoms with Crippen LogP contribution < -0.4 is 16.6 Å². The van der Waals surface area contributed by atoms with E-state index in [4.69, 9.17) is 5.84 Å². The number of carbonyl (C=O) groups is 1. The summed E-state index contributed by atoms with van der Waals surface area (Å²) in [5.41, 5.74) is 7.56. The molecule has 4 N–H and O–H groups in total. The quantitative estimate of drug-likeness (QED) is 0.407. The van der Waals surface area contributed by atoms with E-state index in [-0.39, 0.29) is 11.8 Å². The van der Waals surface area contributed by atoms with Crippen LogP contribution in [-0.4, -0.2) is 37.0 Å². The van der Waals surface area contributed by atoms with Crippen LogP contribution in [0.25, 0.3) is 5.57 Å². The first-order chi connectivity index (χ1) is 10.2. The second kappa shape index (κ2) is 4.58. The molecule has 1 amide bonds. The highest BCUT2D eigenvalue weighted by Crippen LogP contribution is 2.48. The molecule has 0 bridgehead atoms. The first-order valence-electron chi connectivity index (χ1n) is 7.48. The molecule has 110 valence electrons. The highest BCUT2D eigenvalue weighted by atomic mass is 16.2. The average molecular weight is 284 g/mol. The third kappa shape index (κ3) is 1.81. The van der Waals surface area contributed by atoms with Gasteiger partial charge in [-0.05, 0) is 36.2 Å². The SMILES string of the molecule is CN1C[C@H](C(=O)NN)C=C2c3cccc4c3C(CN4)C[C@H]21. The van der Waals surface area contributed by atoms with E-state index >= 15 is 0 Å². The molecule has 3 aliphatic rings. The molecule has 1 aromatic carbocycles. The van der Waals surface area contributed by atoms with Crippen molar-refractivity contribution in [2.75, 3.05) is 25.5 Å². The highest BCUT2D eigenvalue weighted by molar-refractivity contribution is 5.87. The van der Waals surface area contributed by atoms with E-state index in [0.717, 1.165) is 19.5 Å². The molecule has 5 nitrogen and oxygen atoms in total. The normalized spacial score (nSPS) is 30.0. The van der Waals surface area contributed by atoms with Crippen LogP contribution in [-0.2, 0) is 4.79 Å². The molecule has 1 aliphatic carbocycles. The summed E-state index contributed by atoms with van der Waals surface area (Å²) in [6.45, 7) is 1.75. The van der Waals surface area contributed by atoms with Crippen LogP contribution in [0.15, 0.2) is 24.3 Å². The van der Waals surface area contributed by atoms with Crippen molar-refractivity contribution in [1.29, 1.82) is 0 Å². The van der Waals surface area contributed by atoms with Crippen LogP contribution in [0.5, 0.6) is 0 Å². The Morgan fingerprint density at radius 2 is 2.33 bits per heavy atom. The molecule has 4 rings (SSSR count). The number of nitrogens with two attached hydrogens (primary N) is 1. The van der Waals surface area contributed by atoms with Crippen LogP contribution in [0.4, 0.5) is 5.69 Å². The summed E-state index contributed by atoms with van der Waals surface area (Å²) in [5.74, 6) is 5.61. The molecule has 0 saturated heterocycles. The number of anilines is 1. The number of benzene rings is 1. The zero-order valence-electron chi connectivity index (χ0n) is 12.1. The summed E-state index contributed by atoms with van der Waals surface area (Å²) in [4.78, 5) is 14.2. The molecule has 0 aromatic heterocycles. The van der Waals surface area contributed by atoms with E-state index in [1.54, 1.807) is 0 Å². The molecule has 0 radical (unpaired) electrons. The Labute approximate surface area is 124 Å². The third-order valence-electron chi connectivity index (χ3n) is 5.11. The summed E-state index contributed by atoms with van der Waals surface area (Å²) >= 11 is 0. The smallest absolute Gasteiger partial charge is 0.242 e. The van der Waals surface area contributed by atoms with Gasteiger partial charge in [-0.2, -0.15) is 0 Å². The van der Waals surface area contributed by atoms with Crippen molar-refractivity contribution in [3.63, 3.8) is 0 Å². The first kappa shape index (κ1) is 12.9. The van der Waals surface area contributed by atoms with E-state index in [9.17, 15) is 4.79 Å². The number of fused-ring (bicyclic) bond motifs is 2. The van der Waals surface area contributed by atoms with Gasteiger partial charge in [-0.15, -0.1) is 0 Å². The fourth-order valence-corrected chi connectivity index (χ4v) is 4.11. The van der Waals surface area contributed by atoms with Crippen LogP contribution in [0, 0.1) is 5.92 Å². The van der Waals surface area contributed by atoms with Gasteiger partial charge in [-0.3, -0.25) is 15.1 Å². The number of rotatable bonds is 1. The summed E-state index contributed by atoms with van der Waals surface area (Å²) in [5, 5.41) is 3.51. The Morgan fingerprint density at radius 1 is 1.48 bits per heavy atom. The van der Waals surface area contributed by atoms with Gasteiger partial charge in [0.2, 0.25) is 5.91 Å². The van der Waals surface area contributed by atoms with Gasteiger partial charge in [0.1, 0.15) is 0 Å². The Balaban J connectivity index is 1.84. The number of carbonyl (C=O) groups excluding carboxylic acids is 1. The Kier molecular flexibility index (Phi) is 2.80. The van der Waals surface area contributed by atoms with Gasteiger partial charge in [0.25, 0.3) is 0 Å². The molecule has 2 heterocycles. The van der Waals surface area contributed by atoms with Crippen LogP contribution in [0.3, 0.4) is 0 Å². The molecule has 2 aliphatic heterocycles. The van der Waals surface area contributed by atoms with E-state index in [1.165, 1.54) is 22.4 Å². The van der Waals surface area contributed by atoms with Gasteiger partial charge in [0.15, 0.2) is 0 Å². The minimum absolute atomic E-state index is 0.111. The second-order valence-corrected chi connectivity index (χ2v) is 6.27. The van der Waals surface area contributed by atoms with Gasteiger partial charge in [0.05, 0.1) is 5.92 Å². The van der Waals surface area contributed by atoms with Gasteiger partial charge < -0.3 is 5.32 Å². The molecule has 0 spiro atoms. The van der Waals surface area contributed by atoms with E-state index in [2.05, 4.69) is 47.0 Å². The monoisotopic (exact) mass is 284 g/mol. The predicted octanol–water partition coefficient (Wildman–Crippen LogP) is 0.903. The maximum atomic E-state index is 11.9. The first-order valence-corrected chi connectivity index (χ1v) is 7.48.